The Kier molecular flexibility index (Phi) is 3.47. The highest BCUT2D eigenvalue weighted by atomic mass is 16.5. The minimum absolute atomic E-state index is 0.00140. The number of H-pyrrole nitrogens is 1. The second kappa shape index (κ2) is 5.29. The Morgan fingerprint density at radius 1 is 1.48 bits per heavy atom. The number of amides is 1. The predicted molar refractivity (Wildman–Crippen MR) is 78.0 cm³/mol. The number of fused-ring (bicyclic) bond motifs is 1. The third kappa shape index (κ3) is 2.54. The minimum Gasteiger partial charge on any atom is -0.372 e. The molecule has 3 rings (SSSR count). The topological polar surface area (TPSA) is 98.1 Å². The second-order valence-electron chi connectivity index (χ2n) is 5.54. The first-order chi connectivity index (χ1) is 10.1. The average molecular weight is 287 g/mol. The Hall–Kier alpha value is -2.21. The molecule has 0 radical (unpaired) electrons. The van der Waals surface area contributed by atoms with E-state index in [0.717, 1.165) is 18.5 Å². The van der Waals surface area contributed by atoms with Crippen molar-refractivity contribution < 1.29 is 9.53 Å². The molecule has 21 heavy (non-hydrogen) atoms. The zero-order chi connectivity index (χ0) is 15.0. The molecule has 3 heterocycles. The van der Waals surface area contributed by atoms with E-state index in [-0.39, 0.29) is 22.6 Å². The number of nitrogens with one attached hydrogen (secondary N) is 1. The molecule has 0 bridgehead atoms. The molecule has 0 aromatic carbocycles. The summed E-state index contributed by atoms with van der Waals surface area (Å²) in [6.45, 7) is 2.83. The quantitative estimate of drug-likeness (QED) is 0.874. The van der Waals surface area contributed by atoms with Gasteiger partial charge in [-0.05, 0) is 24.8 Å². The molecule has 2 atom stereocenters. The van der Waals surface area contributed by atoms with Crippen LogP contribution < -0.4 is 11.2 Å². The van der Waals surface area contributed by atoms with Gasteiger partial charge in [0.15, 0.2) is 5.43 Å². The van der Waals surface area contributed by atoms with Crippen LogP contribution in [0.15, 0.2) is 23.1 Å². The molecule has 110 valence electrons. The normalized spacial score (nSPS) is 22.3. The Labute approximate surface area is 121 Å². The van der Waals surface area contributed by atoms with E-state index < -0.39 is 5.91 Å². The minimum atomic E-state index is -0.707. The number of hydrogen-bond donors (Lipinski definition) is 2. The van der Waals surface area contributed by atoms with Crippen molar-refractivity contribution in [3.05, 3.63) is 39.9 Å². The van der Waals surface area contributed by atoms with Crippen molar-refractivity contribution in [2.75, 3.05) is 6.61 Å². The number of pyridine rings is 2. The molecule has 1 amide bonds. The van der Waals surface area contributed by atoms with Crippen LogP contribution in [0.1, 0.15) is 42.1 Å². The molecule has 0 spiro atoms. The van der Waals surface area contributed by atoms with E-state index in [9.17, 15) is 9.59 Å². The lowest BCUT2D eigenvalue weighted by atomic mass is 9.98. The number of hydrogen-bond acceptors (Lipinski definition) is 4. The van der Waals surface area contributed by atoms with Gasteiger partial charge in [0.1, 0.15) is 5.69 Å². The lowest BCUT2D eigenvalue weighted by molar-refractivity contribution is -0.0145. The maximum absolute atomic E-state index is 12.3. The molecule has 6 nitrogen and oxygen atoms in total. The molecule has 1 aliphatic rings. The predicted octanol–water partition coefficient (Wildman–Crippen LogP) is 1.51. The van der Waals surface area contributed by atoms with Gasteiger partial charge in [0.2, 0.25) is 0 Å². The van der Waals surface area contributed by atoms with Crippen molar-refractivity contribution in [3.8, 4) is 0 Å². The number of aromatic amines is 1. The van der Waals surface area contributed by atoms with Crippen molar-refractivity contribution in [1.29, 1.82) is 0 Å². The molecule has 1 saturated heterocycles. The summed E-state index contributed by atoms with van der Waals surface area (Å²) in [4.78, 5) is 30.7. The number of ether oxygens (including phenoxy) is 1. The van der Waals surface area contributed by atoms with Crippen LogP contribution in [0.5, 0.6) is 0 Å². The number of primary amides is 1. The van der Waals surface area contributed by atoms with Crippen molar-refractivity contribution in [3.63, 3.8) is 0 Å². The monoisotopic (exact) mass is 287 g/mol. The van der Waals surface area contributed by atoms with Crippen molar-refractivity contribution in [2.24, 2.45) is 11.7 Å². The number of rotatable bonds is 2. The highest BCUT2D eigenvalue weighted by molar-refractivity contribution is 6.03. The van der Waals surface area contributed by atoms with Crippen molar-refractivity contribution in [1.82, 2.24) is 9.97 Å². The van der Waals surface area contributed by atoms with Crippen molar-refractivity contribution in [2.45, 2.75) is 25.9 Å². The Bertz CT molecular complexity index is 745. The molecular weight excluding hydrogens is 270 g/mol. The lowest BCUT2D eigenvalue weighted by Gasteiger charge is -2.27. The van der Waals surface area contributed by atoms with Gasteiger partial charge in [-0.25, -0.2) is 0 Å². The number of carbonyl (C=O) groups is 1. The van der Waals surface area contributed by atoms with Crippen molar-refractivity contribution >= 4 is 16.8 Å². The highest BCUT2D eigenvalue weighted by Gasteiger charge is 2.22. The van der Waals surface area contributed by atoms with Crippen LogP contribution >= 0.6 is 0 Å². The lowest BCUT2D eigenvalue weighted by Crippen LogP contribution is -2.22. The third-order valence-corrected chi connectivity index (χ3v) is 3.85. The van der Waals surface area contributed by atoms with E-state index in [4.69, 9.17) is 10.5 Å². The largest absolute Gasteiger partial charge is 0.372 e. The molecule has 0 aliphatic carbocycles. The number of nitrogens with zero attached hydrogens (tertiary/aromatic N) is 1. The molecule has 2 aromatic heterocycles. The van der Waals surface area contributed by atoms with Crippen LogP contribution in [-0.2, 0) is 4.74 Å². The Balaban J connectivity index is 2.08. The van der Waals surface area contributed by atoms with E-state index in [1.54, 1.807) is 6.07 Å². The highest BCUT2D eigenvalue weighted by Crippen LogP contribution is 2.29. The Morgan fingerprint density at radius 2 is 2.29 bits per heavy atom. The first-order valence-electron chi connectivity index (χ1n) is 6.99. The summed E-state index contributed by atoms with van der Waals surface area (Å²) in [6.07, 6.45) is 3.29. The number of nitrogens with two attached hydrogens (primary N) is 1. The molecule has 1 aliphatic heterocycles. The van der Waals surface area contributed by atoms with Gasteiger partial charge in [-0.15, -0.1) is 0 Å². The van der Waals surface area contributed by atoms with E-state index in [1.165, 1.54) is 12.3 Å². The summed E-state index contributed by atoms with van der Waals surface area (Å²) in [6, 6.07) is 3.15. The first kappa shape index (κ1) is 13.8. The van der Waals surface area contributed by atoms with Crippen LogP contribution in [0.25, 0.3) is 10.9 Å². The Morgan fingerprint density at radius 3 is 2.95 bits per heavy atom. The van der Waals surface area contributed by atoms with Gasteiger partial charge >= 0.3 is 0 Å². The molecule has 1 fully saturated rings. The van der Waals surface area contributed by atoms with E-state index in [1.807, 2.05) is 0 Å². The van der Waals surface area contributed by atoms with Crippen LogP contribution in [0.4, 0.5) is 0 Å². The first-order valence-corrected chi connectivity index (χ1v) is 6.99. The summed E-state index contributed by atoms with van der Waals surface area (Å²) in [7, 11) is 0. The fraction of sp³-hybridized carbons (Fsp3) is 0.400. The number of aromatic nitrogens is 2. The van der Waals surface area contributed by atoms with Gasteiger partial charge in [0.05, 0.1) is 23.6 Å². The maximum Gasteiger partial charge on any atom is 0.268 e. The molecule has 6 heteroatoms. The molecule has 2 aromatic rings. The average Bonchev–Trinajstić information content (AvgIpc) is 2.47. The van der Waals surface area contributed by atoms with Crippen LogP contribution in [0.2, 0.25) is 0 Å². The van der Waals surface area contributed by atoms with Gasteiger partial charge in [0.25, 0.3) is 5.91 Å². The van der Waals surface area contributed by atoms with E-state index in [0.29, 0.717) is 18.0 Å². The van der Waals surface area contributed by atoms with Gasteiger partial charge in [-0.3, -0.25) is 14.6 Å². The summed E-state index contributed by atoms with van der Waals surface area (Å²) in [5.74, 6) is -0.166. The van der Waals surface area contributed by atoms with E-state index in [2.05, 4.69) is 16.9 Å². The van der Waals surface area contributed by atoms with Gasteiger partial charge < -0.3 is 15.5 Å². The van der Waals surface area contributed by atoms with Crippen LogP contribution in [0.3, 0.4) is 0 Å². The van der Waals surface area contributed by atoms with Crippen LogP contribution in [-0.4, -0.2) is 22.5 Å². The summed E-state index contributed by atoms with van der Waals surface area (Å²) in [5.41, 5.74) is 6.30. The molecule has 3 N–H and O–H groups in total. The fourth-order valence-corrected chi connectivity index (χ4v) is 2.71. The zero-order valence-corrected chi connectivity index (χ0v) is 11.8. The second-order valence-corrected chi connectivity index (χ2v) is 5.54. The van der Waals surface area contributed by atoms with Gasteiger partial charge in [-0.1, -0.05) is 6.92 Å². The van der Waals surface area contributed by atoms with Crippen LogP contribution in [0, 0.1) is 5.92 Å². The van der Waals surface area contributed by atoms with Gasteiger partial charge in [-0.2, -0.15) is 0 Å². The third-order valence-electron chi connectivity index (χ3n) is 3.85. The van der Waals surface area contributed by atoms with Gasteiger partial charge in [0, 0.05) is 18.0 Å². The zero-order valence-electron chi connectivity index (χ0n) is 11.8. The summed E-state index contributed by atoms with van der Waals surface area (Å²) < 4.78 is 5.78. The summed E-state index contributed by atoms with van der Waals surface area (Å²) >= 11 is 0. The maximum atomic E-state index is 12.3. The number of carbonyl (C=O) groups excluding carboxylic acids is 1. The molecule has 0 saturated carbocycles. The molecule has 1 unspecified atom stereocenters. The smallest absolute Gasteiger partial charge is 0.268 e. The summed E-state index contributed by atoms with van der Waals surface area (Å²) in [5, 5.41) is 0.234. The SMILES string of the molecule is CC1CC[C@H](c2cc(=O)c3c(C(N)=O)nccc3[nH]2)OC1. The van der Waals surface area contributed by atoms with E-state index >= 15 is 0 Å². The molecular formula is C15H17N3O3. The standard InChI is InChI=1S/C15H17N3O3/c1-8-2-3-12(21-7-8)10-6-11(19)13-9(18-10)4-5-17-14(13)15(16)20/h4-6,8,12H,2-3,7H2,1H3,(H2,16,20)(H,18,19)/t8?,12-/m1/s1. The fourth-order valence-electron chi connectivity index (χ4n) is 2.71.